The van der Waals surface area contributed by atoms with Crippen LogP contribution in [-0.2, 0) is 6.42 Å². The molecule has 0 spiro atoms. The zero-order chi connectivity index (χ0) is 19.8. The van der Waals surface area contributed by atoms with E-state index in [-0.39, 0.29) is 11.7 Å². The van der Waals surface area contributed by atoms with E-state index < -0.39 is 0 Å². The predicted molar refractivity (Wildman–Crippen MR) is 103 cm³/mol. The second-order valence-corrected chi connectivity index (χ2v) is 7.96. The van der Waals surface area contributed by atoms with E-state index in [1.807, 2.05) is 4.90 Å². The minimum atomic E-state index is -0.301. The number of rotatable bonds is 5. The number of H-pyrrole nitrogens is 1. The number of carbonyl (C=O) groups excluding carboxylic acids is 1. The summed E-state index contributed by atoms with van der Waals surface area (Å²) >= 11 is 0. The van der Waals surface area contributed by atoms with Crippen molar-refractivity contribution in [1.29, 1.82) is 0 Å². The highest BCUT2D eigenvalue weighted by Crippen LogP contribution is 2.38. The molecule has 1 atom stereocenters. The molecule has 1 saturated carbocycles. The molecule has 1 N–H and O–H groups in total. The van der Waals surface area contributed by atoms with E-state index in [0.29, 0.717) is 42.1 Å². The third kappa shape index (κ3) is 3.92. The van der Waals surface area contributed by atoms with Crippen LogP contribution >= 0.6 is 0 Å². The molecule has 8 heteroatoms. The van der Waals surface area contributed by atoms with Crippen LogP contribution in [0, 0.1) is 11.7 Å². The Morgan fingerprint density at radius 3 is 2.86 bits per heavy atom. The third-order valence-electron chi connectivity index (χ3n) is 5.64. The Bertz CT molecular complexity index is 1010. The number of halogens is 1. The summed E-state index contributed by atoms with van der Waals surface area (Å²) in [5.74, 6) is 1.92. The lowest BCUT2D eigenvalue weighted by atomic mass is 9.94. The van der Waals surface area contributed by atoms with Crippen molar-refractivity contribution in [1.82, 2.24) is 25.2 Å². The second-order valence-electron chi connectivity index (χ2n) is 7.96. The first-order valence-electron chi connectivity index (χ1n) is 10.1. The summed E-state index contributed by atoms with van der Waals surface area (Å²) in [6.45, 7) is 1.38. The molecule has 2 fully saturated rings. The zero-order valence-corrected chi connectivity index (χ0v) is 16.0. The lowest BCUT2D eigenvalue weighted by molar-refractivity contribution is 0.0662. The van der Waals surface area contributed by atoms with Crippen molar-refractivity contribution in [2.24, 2.45) is 5.92 Å². The molecule has 0 bridgehead atoms. The van der Waals surface area contributed by atoms with Crippen LogP contribution in [0.25, 0.3) is 11.3 Å². The summed E-state index contributed by atoms with van der Waals surface area (Å²) in [5.41, 5.74) is 1.83. The summed E-state index contributed by atoms with van der Waals surface area (Å²) in [7, 11) is 0. The van der Waals surface area contributed by atoms with E-state index in [2.05, 4.69) is 20.3 Å². The van der Waals surface area contributed by atoms with Crippen LogP contribution < -0.4 is 0 Å². The quantitative estimate of drug-likeness (QED) is 0.714. The van der Waals surface area contributed by atoms with E-state index in [9.17, 15) is 9.18 Å². The summed E-state index contributed by atoms with van der Waals surface area (Å²) in [6, 6.07) is 7.78. The summed E-state index contributed by atoms with van der Waals surface area (Å²) in [4.78, 5) is 19.3. The average Bonchev–Trinajstić information content (AvgIpc) is 3.28. The molecule has 5 rings (SSSR count). The molecule has 150 valence electrons. The molecule has 1 aromatic carbocycles. The van der Waals surface area contributed by atoms with Crippen molar-refractivity contribution in [3.63, 3.8) is 0 Å². The van der Waals surface area contributed by atoms with Gasteiger partial charge in [0.2, 0.25) is 5.89 Å². The Balaban J connectivity index is 1.24. The van der Waals surface area contributed by atoms with Gasteiger partial charge in [0.15, 0.2) is 5.82 Å². The van der Waals surface area contributed by atoms with Gasteiger partial charge in [0.1, 0.15) is 11.5 Å². The fraction of sp³-hybridized carbons (Fsp3) is 0.429. The Labute approximate surface area is 167 Å². The number of hydrogen-bond donors (Lipinski definition) is 1. The first kappa shape index (κ1) is 18.0. The second kappa shape index (κ2) is 7.42. The number of aromatic amines is 1. The van der Waals surface area contributed by atoms with Gasteiger partial charge in [-0.05, 0) is 61.9 Å². The number of nitrogens with one attached hydrogen (secondary N) is 1. The number of amides is 1. The van der Waals surface area contributed by atoms with Gasteiger partial charge in [0, 0.05) is 31.0 Å². The van der Waals surface area contributed by atoms with Gasteiger partial charge in [0.05, 0.1) is 5.69 Å². The molecule has 0 radical (unpaired) electrons. The number of hydrogen-bond acceptors (Lipinski definition) is 5. The summed E-state index contributed by atoms with van der Waals surface area (Å²) in [6.07, 6.45) is 4.98. The molecule has 7 nitrogen and oxygen atoms in total. The monoisotopic (exact) mass is 395 g/mol. The molecule has 0 unspecified atom stereocenters. The van der Waals surface area contributed by atoms with E-state index in [4.69, 9.17) is 4.52 Å². The maximum atomic E-state index is 13.1. The Morgan fingerprint density at radius 1 is 1.24 bits per heavy atom. The normalized spacial score (nSPS) is 19.5. The number of nitrogens with zero attached hydrogens (tertiary/aromatic N) is 4. The maximum Gasteiger partial charge on any atom is 0.271 e. The largest absolute Gasteiger partial charge is 0.339 e. The molecule has 2 aromatic heterocycles. The Morgan fingerprint density at radius 2 is 2.07 bits per heavy atom. The van der Waals surface area contributed by atoms with Gasteiger partial charge >= 0.3 is 0 Å². The molecule has 3 aromatic rings. The SMILES string of the molecule is O=C(c1cc(-c2ccc(F)cc2)n[nH]1)N1CCC[C@H](Cc2nc(C3CC3)no2)C1. The first-order chi connectivity index (χ1) is 14.2. The minimum absolute atomic E-state index is 0.0697. The Kier molecular flexibility index (Phi) is 4.61. The van der Waals surface area contributed by atoms with Crippen molar-refractivity contribution in [2.75, 3.05) is 13.1 Å². The van der Waals surface area contributed by atoms with Crippen molar-refractivity contribution in [3.8, 4) is 11.3 Å². The molecule has 1 aliphatic heterocycles. The number of aromatic nitrogens is 4. The molecular weight excluding hydrogens is 373 g/mol. The van der Waals surface area contributed by atoms with Crippen LogP contribution in [0.2, 0.25) is 0 Å². The lowest BCUT2D eigenvalue weighted by Crippen LogP contribution is -2.40. The smallest absolute Gasteiger partial charge is 0.271 e. The number of carbonyl (C=O) groups is 1. The van der Waals surface area contributed by atoms with E-state index >= 15 is 0 Å². The van der Waals surface area contributed by atoms with Crippen molar-refractivity contribution in [2.45, 2.75) is 38.0 Å². The molecule has 29 heavy (non-hydrogen) atoms. The van der Waals surface area contributed by atoms with Gasteiger partial charge in [-0.15, -0.1) is 0 Å². The minimum Gasteiger partial charge on any atom is -0.339 e. The van der Waals surface area contributed by atoms with Crippen molar-refractivity contribution in [3.05, 3.63) is 53.6 Å². The van der Waals surface area contributed by atoms with Gasteiger partial charge in [-0.2, -0.15) is 10.1 Å². The van der Waals surface area contributed by atoms with E-state index in [1.54, 1.807) is 18.2 Å². The van der Waals surface area contributed by atoms with Crippen LogP contribution in [0.1, 0.15) is 53.8 Å². The van der Waals surface area contributed by atoms with Crippen LogP contribution in [0.3, 0.4) is 0 Å². The maximum absolute atomic E-state index is 13.1. The number of likely N-dealkylation sites (tertiary alicyclic amines) is 1. The van der Waals surface area contributed by atoms with Crippen molar-refractivity contribution < 1.29 is 13.7 Å². The fourth-order valence-corrected chi connectivity index (χ4v) is 3.89. The molecule has 1 saturated heterocycles. The van der Waals surface area contributed by atoms with Gasteiger partial charge in [-0.3, -0.25) is 9.89 Å². The average molecular weight is 395 g/mol. The summed E-state index contributed by atoms with van der Waals surface area (Å²) < 4.78 is 18.5. The van der Waals surface area contributed by atoms with Gasteiger partial charge in [0.25, 0.3) is 5.91 Å². The highest BCUT2D eigenvalue weighted by atomic mass is 19.1. The van der Waals surface area contributed by atoms with Gasteiger partial charge in [-0.1, -0.05) is 5.16 Å². The molecule has 1 amide bonds. The highest BCUT2D eigenvalue weighted by Gasteiger charge is 2.30. The molecule has 1 aliphatic carbocycles. The molecule has 2 aliphatic rings. The summed E-state index contributed by atoms with van der Waals surface area (Å²) in [5, 5.41) is 11.1. The van der Waals surface area contributed by atoms with Gasteiger partial charge in [-0.25, -0.2) is 4.39 Å². The highest BCUT2D eigenvalue weighted by molar-refractivity contribution is 5.93. The lowest BCUT2D eigenvalue weighted by Gasteiger charge is -2.31. The van der Waals surface area contributed by atoms with E-state index in [1.165, 1.54) is 12.1 Å². The first-order valence-corrected chi connectivity index (χ1v) is 10.1. The molecular formula is C21H22FN5O2. The van der Waals surface area contributed by atoms with Gasteiger partial charge < -0.3 is 9.42 Å². The fourth-order valence-electron chi connectivity index (χ4n) is 3.89. The predicted octanol–water partition coefficient (Wildman–Crippen LogP) is 3.57. The topological polar surface area (TPSA) is 87.9 Å². The van der Waals surface area contributed by atoms with Crippen LogP contribution in [-0.4, -0.2) is 44.2 Å². The van der Waals surface area contributed by atoms with Crippen molar-refractivity contribution >= 4 is 5.91 Å². The third-order valence-corrected chi connectivity index (χ3v) is 5.64. The molecule has 3 heterocycles. The van der Waals surface area contributed by atoms with E-state index in [0.717, 1.165) is 43.6 Å². The number of piperidine rings is 1. The van der Waals surface area contributed by atoms with Crippen LogP contribution in [0.5, 0.6) is 0 Å². The standard InChI is InChI=1S/C21H22FN5O2/c22-16-7-5-14(6-8-16)17-11-18(25-24-17)21(28)27-9-1-2-13(12-27)10-19-23-20(26-29-19)15-3-4-15/h5-8,11,13,15H,1-4,9-10,12H2,(H,24,25)/t13-/m1/s1. The van der Waals surface area contributed by atoms with Crippen LogP contribution in [0.4, 0.5) is 4.39 Å². The zero-order valence-electron chi connectivity index (χ0n) is 16.0. The Hall–Kier alpha value is -3.03. The number of benzene rings is 1. The van der Waals surface area contributed by atoms with Crippen LogP contribution in [0.15, 0.2) is 34.9 Å².